The van der Waals surface area contributed by atoms with Gasteiger partial charge in [-0.15, -0.1) is 0 Å². The average Bonchev–Trinajstić information content (AvgIpc) is 2.14. The van der Waals surface area contributed by atoms with Crippen LogP contribution >= 0.6 is 0 Å². The van der Waals surface area contributed by atoms with Crippen molar-refractivity contribution in [2.45, 2.75) is 6.92 Å². The van der Waals surface area contributed by atoms with Gasteiger partial charge in [0.2, 0.25) is 5.91 Å². The standard InChI is InChI=1S/C9H14N4O/c1-2-13(6-9(11)14)8-3-7(10)4-12-5-8/h3-5H,2,6,10H2,1H3,(H2,11,14). The maximum Gasteiger partial charge on any atom is 0.236 e. The third-order valence-corrected chi connectivity index (χ3v) is 1.84. The summed E-state index contributed by atoms with van der Waals surface area (Å²) in [4.78, 5) is 16.5. The van der Waals surface area contributed by atoms with Crippen molar-refractivity contribution >= 4 is 17.3 Å². The number of rotatable bonds is 4. The summed E-state index contributed by atoms with van der Waals surface area (Å²) in [5.41, 5.74) is 12.1. The first-order valence-electron chi connectivity index (χ1n) is 4.37. The molecule has 0 atom stereocenters. The van der Waals surface area contributed by atoms with E-state index in [0.29, 0.717) is 12.2 Å². The molecule has 5 nitrogen and oxygen atoms in total. The largest absolute Gasteiger partial charge is 0.397 e. The van der Waals surface area contributed by atoms with Gasteiger partial charge in [0.25, 0.3) is 0 Å². The summed E-state index contributed by atoms with van der Waals surface area (Å²) in [5, 5.41) is 0. The van der Waals surface area contributed by atoms with Crippen molar-refractivity contribution in [1.82, 2.24) is 4.98 Å². The van der Waals surface area contributed by atoms with E-state index in [2.05, 4.69) is 4.98 Å². The molecular weight excluding hydrogens is 180 g/mol. The van der Waals surface area contributed by atoms with E-state index in [1.54, 1.807) is 18.5 Å². The fraction of sp³-hybridized carbons (Fsp3) is 0.333. The van der Waals surface area contributed by atoms with E-state index in [4.69, 9.17) is 11.5 Å². The Bertz CT molecular complexity index is 326. The number of primary amides is 1. The second-order valence-electron chi connectivity index (χ2n) is 2.96. The number of carbonyl (C=O) groups excluding carboxylic acids is 1. The van der Waals surface area contributed by atoms with Gasteiger partial charge in [-0.3, -0.25) is 9.78 Å². The lowest BCUT2D eigenvalue weighted by Gasteiger charge is -2.20. The third-order valence-electron chi connectivity index (χ3n) is 1.84. The lowest BCUT2D eigenvalue weighted by molar-refractivity contribution is -0.116. The van der Waals surface area contributed by atoms with Crippen LogP contribution in [0.15, 0.2) is 18.5 Å². The van der Waals surface area contributed by atoms with Gasteiger partial charge in [-0.25, -0.2) is 0 Å². The fourth-order valence-electron chi connectivity index (χ4n) is 1.19. The van der Waals surface area contributed by atoms with Gasteiger partial charge < -0.3 is 16.4 Å². The number of hydrogen-bond donors (Lipinski definition) is 2. The quantitative estimate of drug-likeness (QED) is 0.705. The number of nitrogens with two attached hydrogens (primary N) is 2. The predicted octanol–water partition coefficient (Wildman–Crippen LogP) is -0.0246. The van der Waals surface area contributed by atoms with E-state index in [1.165, 1.54) is 0 Å². The number of anilines is 2. The fourth-order valence-corrected chi connectivity index (χ4v) is 1.19. The maximum absolute atomic E-state index is 10.8. The minimum Gasteiger partial charge on any atom is -0.397 e. The molecule has 0 spiro atoms. The maximum atomic E-state index is 10.8. The molecule has 0 unspecified atom stereocenters. The minimum absolute atomic E-state index is 0.182. The molecule has 1 amide bonds. The number of amides is 1. The van der Waals surface area contributed by atoms with Crippen LogP contribution in [0.25, 0.3) is 0 Å². The van der Waals surface area contributed by atoms with Crippen LogP contribution < -0.4 is 16.4 Å². The Hall–Kier alpha value is -1.78. The number of nitrogen functional groups attached to an aromatic ring is 1. The van der Waals surface area contributed by atoms with Crippen molar-refractivity contribution in [2.24, 2.45) is 5.73 Å². The Morgan fingerprint density at radius 2 is 2.29 bits per heavy atom. The zero-order chi connectivity index (χ0) is 10.6. The van der Waals surface area contributed by atoms with E-state index in [1.807, 2.05) is 11.8 Å². The van der Waals surface area contributed by atoms with Crippen molar-refractivity contribution < 1.29 is 4.79 Å². The van der Waals surface area contributed by atoms with Gasteiger partial charge in [0.1, 0.15) is 0 Å². The molecule has 14 heavy (non-hydrogen) atoms. The van der Waals surface area contributed by atoms with Crippen LogP contribution in [0, 0.1) is 0 Å². The molecule has 1 aromatic heterocycles. The third kappa shape index (κ3) is 2.62. The highest BCUT2D eigenvalue weighted by Gasteiger charge is 2.07. The van der Waals surface area contributed by atoms with Gasteiger partial charge in [-0.1, -0.05) is 0 Å². The lowest BCUT2D eigenvalue weighted by Crippen LogP contribution is -2.33. The Labute approximate surface area is 82.7 Å². The highest BCUT2D eigenvalue weighted by atomic mass is 16.1. The number of aromatic nitrogens is 1. The molecule has 0 bridgehead atoms. The zero-order valence-corrected chi connectivity index (χ0v) is 8.10. The molecule has 1 aromatic rings. The second-order valence-corrected chi connectivity index (χ2v) is 2.96. The van der Waals surface area contributed by atoms with Gasteiger partial charge in [-0.05, 0) is 13.0 Å². The first-order chi connectivity index (χ1) is 6.63. The van der Waals surface area contributed by atoms with Crippen LogP contribution in [0.5, 0.6) is 0 Å². The van der Waals surface area contributed by atoms with Crippen molar-refractivity contribution in [1.29, 1.82) is 0 Å². The average molecular weight is 194 g/mol. The molecule has 76 valence electrons. The molecule has 0 radical (unpaired) electrons. The van der Waals surface area contributed by atoms with Crippen LogP contribution in [-0.4, -0.2) is 24.0 Å². The first kappa shape index (κ1) is 10.3. The molecule has 0 aliphatic heterocycles. The number of hydrogen-bond acceptors (Lipinski definition) is 4. The Morgan fingerprint density at radius 3 is 2.79 bits per heavy atom. The first-order valence-corrected chi connectivity index (χ1v) is 4.37. The van der Waals surface area contributed by atoms with E-state index in [-0.39, 0.29) is 12.5 Å². The smallest absolute Gasteiger partial charge is 0.236 e. The zero-order valence-electron chi connectivity index (χ0n) is 8.10. The molecule has 0 fully saturated rings. The van der Waals surface area contributed by atoms with Crippen LogP contribution in [-0.2, 0) is 4.79 Å². The van der Waals surface area contributed by atoms with E-state index < -0.39 is 0 Å². The Kier molecular flexibility index (Phi) is 3.28. The molecule has 0 aliphatic carbocycles. The summed E-state index contributed by atoms with van der Waals surface area (Å²) < 4.78 is 0. The van der Waals surface area contributed by atoms with Crippen molar-refractivity contribution in [3.63, 3.8) is 0 Å². The summed E-state index contributed by atoms with van der Waals surface area (Å²) in [5.74, 6) is -0.366. The molecule has 1 heterocycles. The van der Waals surface area contributed by atoms with Crippen molar-refractivity contribution in [3.05, 3.63) is 18.5 Å². The van der Waals surface area contributed by atoms with Gasteiger partial charge in [0, 0.05) is 12.7 Å². The van der Waals surface area contributed by atoms with Crippen LogP contribution in [0.3, 0.4) is 0 Å². The molecule has 0 aromatic carbocycles. The highest BCUT2D eigenvalue weighted by Crippen LogP contribution is 2.14. The topological polar surface area (TPSA) is 85.2 Å². The molecule has 0 saturated heterocycles. The van der Waals surface area contributed by atoms with Crippen LogP contribution in [0.1, 0.15) is 6.92 Å². The number of carbonyl (C=O) groups is 1. The lowest BCUT2D eigenvalue weighted by atomic mass is 10.3. The molecular formula is C9H14N4O. The molecule has 4 N–H and O–H groups in total. The van der Waals surface area contributed by atoms with Gasteiger partial charge in [0.15, 0.2) is 0 Å². The van der Waals surface area contributed by atoms with Crippen LogP contribution in [0.2, 0.25) is 0 Å². The van der Waals surface area contributed by atoms with E-state index in [9.17, 15) is 4.79 Å². The molecule has 0 aliphatic rings. The normalized spacial score (nSPS) is 9.79. The summed E-state index contributed by atoms with van der Waals surface area (Å²) in [6.07, 6.45) is 3.21. The van der Waals surface area contributed by atoms with E-state index in [0.717, 1.165) is 5.69 Å². The number of pyridine rings is 1. The Morgan fingerprint density at radius 1 is 1.57 bits per heavy atom. The summed E-state index contributed by atoms with van der Waals surface area (Å²) >= 11 is 0. The molecule has 1 rings (SSSR count). The SMILES string of the molecule is CCN(CC(N)=O)c1cncc(N)c1. The predicted molar refractivity (Wildman–Crippen MR) is 55.7 cm³/mol. The second kappa shape index (κ2) is 4.45. The number of nitrogens with zero attached hydrogens (tertiary/aromatic N) is 2. The molecule has 0 saturated carbocycles. The monoisotopic (exact) mass is 194 g/mol. The van der Waals surface area contributed by atoms with Crippen molar-refractivity contribution in [2.75, 3.05) is 23.7 Å². The van der Waals surface area contributed by atoms with Gasteiger partial charge in [0.05, 0.1) is 24.1 Å². The van der Waals surface area contributed by atoms with Gasteiger partial charge in [-0.2, -0.15) is 0 Å². The van der Waals surface area contributed by atoms with E-state index >= 15 is 0 Å². The number of likely N-dealkylation sites (N-methyl/N-ethyl adjacent to an activating group) is 1. The van der Waals surface area contributed by atoms with Crippen LogP contribution in [0.4, 0.5) is 11.4 Å². The summed E-state index contributed by atoms with van der Waals surface area (Å²) in [7, 11) is 0. The highest BCUT2D eigenvalue weighted by molar-refractivity contribution is 5.79. The summed E-state index contributed by atoms with van der Waals surface area (Å²) in [6, 6.07) is 1.76. The molecule has 5 heteroatoms. The van der Waals surface area contributed by atoms with Gasteiger partial charge >= 0.3 is 0 Å². The Balaban J connectivity index is 2.83. The van der Waals surface area contributed by atoms with Crippen molar-refractivity contribution in [3.8, 4) is 0 Å². The summed E-state index contributed by atoms with van der Waals surface area (Å²) in [6.45, 7) is 2.81. The minimum atomic E-state index is -0.366.